The number of rotatable bonds is 5. The summed E-state index contributed by atoms with van der Waals surface area (Å²) in [5.74, 6) is 0.537. The summed E-state index contributed by atoms with van der Waals surface area (Å²) in [4.78, 5) is 15.8. The van der Waals surface area contributed by atoms with Crippen molar-refractivity contribution in [3.05, 3.63) is 34.7 Å². The van der Waals surface area contributed by atoms with E-state index in [9.17, 15) is 4.79 Å². The van der Waals surface area contributed by atoms with E-state index in [1.54, 1.807) is 6.20 Å². The molecule has 0 fully saturated rings. The Labute approximate surface area is 104 Å². The summed E-state index contributed by atoms with van der Waals surface area (Å²) in [5.41, 5.74) is 0. The van der Waals surface area contributed by atoms with Crippen molar-refractivity contribution in [3.63, 3.8) is 0 Å². The minimum absolute atomic E-state index is 0.181. The summed E-state index contributed by atoms with van der Waals surface area (Å²) in [5, 5.41) is 4.03. The summed E-state index contributed by atoms with van der Waals surface area (Å²) in [6.07, 6.45) is 3.58. The lowest BCUT2D eigenvalue weighted by molar-refractivity contribution is 0.158. The number of imidazole rings is 1. The monoisotopic (exact) mass is 252 g/mol. The fourth-order valence-electron chi connectivity index (χ4n) is 1.70. The van der Waals surface area contributed by atoms with Crippen molar-refractivity contribution in [2.45, 2.75) is 33.0 Å². The normalized spacial score (nSPS) is 11.3. The van der Waals surface area contributed by atoms with Crippen LogP contribution in [0.5, 0.6) is 0 Å². The zero-order chi connectivity index (χ0) is 13.1. The van der Waals surface area contributed by atoms with Crippen molar-refractivity contribution in [1.29, 1.82) is 0 Å². The van der Waals surface area contributed by atoms with Gasteiger partial charge in [0.25, 0.3) is 0 Å². The average molecular weight is 252 g/mol. The van der Waals surface area contributed by atoms with Gasteiger partial charge in [0, 0.05) is 25.5 Å². The smallest absolute Gasteiger partial charge is 0.390 e. The quantitative estimate of drug-likeness (QED) is 0.787. The molecule has 0 unspecified atom stereocenters. The van der Waals surface area contributed by atoms with E-state index in [-0.39, 0.29) is 25.1 Å². The molecular formula is C11H16N4O3. The Kier molecular flexibility index (Phi) is 3.61. The summed E-state index contributed by atoms with van der Waals surface area (Å²) in [6, 6.07) is 0.281. The van der Waals surface area contributed by atoms with Crippen LogP contribution in [0.25, 0.3) is 0 Å². The van der Waals surface area contributed by atoms with Gasteiger partial charge in [0.15, 0.2) is 0 Å². The molecule has 18 heavy (non-hydrogen) atoms. The molecule has 0 atom stereocenters. The summed E-state index contributed by atoms with van der Waals surface area (Å²) in [7, 11) is 1.52. The van der Waals surface area contributed by atoms with Crippen LogP contribution >= 0.6 is 0 Å². The van der Waals surface area contributed by atoms with Gasteiger partial charge < -0.3 is 13.7 Å². The van der Waals surface area contributed by atoms with Crippen molar-refractivity contribution in [3.8, 4) is 0 Å². The second-order valence-corrected chi connectivity index (χ2v) is 4.20. The first-order chi connectivity index (χ1) is 8.61. The van der Waals surface area contributed by atoms with Crippen LogP contribution in [0.1, 0.15) is 31.6 Å². The first kappa shape index (κ1) is 12.6. The van der Waals surface area contributed by atoms with Crippen molar-refractivity contribution in [2.24, 2.45) is 0 Å². The Morgan fingerprint density at radius 1 is 1.50 bits per heavy atom. The van der Waals surface area contributed by atoms with Crippen LogP contribution in [0, 0.1) is 0 Å². The summed E-state index contributed by atoms with van der Waals surface area (Å²) < 4.78 is 13.0. The van der Waals surface area contributed by atoms with E-state index < -0.39 is 5.76 Å². The SMILES string of the molecule is COCc1nn(Cc2nccn2C(C)C)c(=O)o1. The second kappa shape index (κ2) is 5.18. The van der Waals surface area contributed by atoms with Crippen LogP contribution in [0.3, 0.4) is 0 Å². The number of methoxy groups -OCH3 is 1. The minimum atomic E-state index is -0.500. The Bertz CT molecular complexity index is 567. The fraction of sp³-hybridized carbons (Fsp3) is 0.545. The third kappa shape index (κ3) is 2.51. The lowest BCUT2D eigenvalue weighted by Gasteiger charge is -2.10. The van der Waals surface area contributed by atoms with Gasteiger partial charge in [-0.25, -0.2) is 9.78 Å². The largest absolute Gasteiger partial charge is 0.437 e. The predicted molar refractivity (Wildman–Crippen MR) is 63.2 cm³/mol. The van der Waals surface area contributed by atoms with Gasteiger partial charge in [0.05, 0.1) is 0 Å². The zero-order valence-electron chi connectivity index (χ0n) is 10.7. The third-order valence-electron chi connectivity index (χ3n) is 2.51. The van der Waals surface area contributed by atoms with E-state index in [1.807, 2.05) is 24.6 Å². The van der Waals surface area contributed by atoms with Gasteiger partial charge in [-0.2, -0.15) is 4.68 Å². The third-order valence-corrected chi connectivity index (χ3v) is 2.51. The molecule has 0 radical (unpaired) electrons. The lowest BCUT2D eigenvalue weighted by atomic mass is 10.4. The first-order valence-electron chi connectivity index (χ1n) is 5.69. The van der Waals surface area contributed by atoms with E-state index in [2.05, 4.69) is 10.1 Å². The topological polar surface area (TPSA) is 75.1 Å². The van der Waals surface area contributed by atoms with E-state index in [1.165, 1.54) is 11.8 Å². The molecule has 0 amide bonds. The number of nitrogens with zero attached hydrogens (tertiary/aromatic N) is 4. The summed E-state index contributed by atoms with van der Waals surface area (Å²) in [6.45, 7) is 4.57. The molecule has 2 heterocycles. The number of hydrogen-bond acceptors (Lipinski definition) is 5. The van der Waals surface area contributed by atoms with Crippen molar-refractivity contribution in [2.75, 3.05) is 7.11 Å². The maximum Gasteiger partial charge on any atom is 0.437 e. The molecule has 0 saturated carbocycles. The highest BCUT2D eigenvalue weighted by Gasteiger charge is 2.12. The van der Waals surface area contributed by atoms with Crippen molar-refractivity contribution >= 4 is 0 Å². The number of hydrogen-bond donors (Lipinski definition) is 0. The van der Waals surface area contributed by atoms with Crippen LogP contribution < -0.4 is 5.76 Å². The molecule has 0 aliphatic rings. The molecule has 7 nitrogen and oxygen atoms in total. The van der Waals surface area contributed by atoms with Crippen LogP contribution in [-0.4, -0.2) is 26.4 Å². The van der Waals surface area contributed by atoms with E-state index in [4.69, 9.17) is 9.15 Å². The van der Waals surface area contributed by atoms with Crippen molar-refractivity contribution in [1.82, 2.24) is 19.3 Å². The van der Waals surface area contributed by atoms with E-state index >= 15 is 0 Å². The van der Waals surface area contributed by atoms with Gasteiger partial charge in [-0.3, -0.25) is 0 Å². The maximum atomic E-state index is 11.6. The molecule has 7 heteroatoms. The minimum Gasteiger partial charge on any atom is -0.390 e. The molecule has 98 valence electrons. The van der Waals surface area contributed by atoms with E-state index in [0.29, 0.717) is 0 Å². The van der Waals surface area contributed by atoms with Gasteiger partial charge in [0.2, 0.25) is 5.89 Å². The Hall–Kier alpha value is -1.89. The maximum absolute atomic E-state index is 11.6. The summed E-state index contributed by atoms with van der Waals surface area (Å²) >= 11 is 0. The highest BCUT2D eigenvalue weighted by atomic mass is 16.5. The molecule has 0 N–H and O–H groups in total. The molecule has 2 aromatic rings. The first-order valence-corrected chi connectivity index (χ1v) is 5.69. The fourth-order valence-corrected chi connectivity index (χ4v) is 1.70. The lowest BCUT2D eigenvalue weighted by Crippen LogP contribution is -2.19. The van der Waals surface area contributed by atoms with Crippen LogP contribution in [0.4, 0.5) is 0 Å². The highest BCUT2D eigenvalue weighted by molar-refractivity contribution is 4.94. The number of aromatic nitrogens is 4. The van der Waals surface area contributed by atoms with Gasteiger partial charge in [0.1, 0.15) is 19.0 Å². The molecule has 2 aromatic heterocycles. The number of ether oxygens (including phenoxy) is 1. The molecule has 0 saturated heterocycles. The van der Waals surface area contributed by atoms with Crippen molar-refractivity contribution < 1.29 is 9.15 Å². The Morgan fingerprint density at radius 3 is 2.94 bits per heavy atom. The average Bonchev–Trinajstić information content (AvgIpc) is 2.88. The highest BCUT2D eigenvalue weighted by Crippen LogP contribution is 2.08. The van der Waals surface area contributed by atoms with Gasteiger partial charge in [-0.15, -0.1) is 5.10 Å². The Balaban J connectivity index is 2.23. The van der Waals surface area contributed by atoms with Crippen LogP contribution in [0.15, 0.2) is 21.6 Å². The van der Waals surface area contributed by atoms with Gasteiger partial charge in [-0.1, -0.05) is 0 Å². The van der Waals surface area contributed by atoms with E-state index in [0.717, 1.165) is 5.82 Å². The zero-order valence-corrected chi connectivity index (χ0v) is 10.7. The molecule has 0 spiro atoms. The van der Waals surface area contributed by atoms with Gasteiger partial charge >= 0.3 is 5.76 Å². The standard InChI is InChI=1S/C11H16N4O3/c1-8(2)14-5-4-12-9(14)6-15-11(16)18-10(13-15)7-17-3/h4-5,8H,6-7H2,1-3H3. The van der Waals surface area contributed by atoms with Crippen LogP contribution in [0.2, 0.25) is 0 Å². The molecule has 0 aromatic carbocycles. The van der Waals surface area contributed by atoms with Gasteiger partial charge in [-0.05, 0) is 13.8 Å². The molecular weight excluding hydrogens is 236 g/mol. The van der Waals surface area contributed by atoms with Crippen LogP contribution in [-0.2, 0) is 17.9 Å². The molecule has 0 bridgehead atoms. The second-order valence-electron chi connectivity index (χ2n) is 4.20. The molecule has 0 aliphatic carbocycles. The molecule has 2 rings (SSSR count). The Morgan fingerprint density at radius 2 is 2.28 bits per heavy atom. The molecule has 0 aliphatic heterocycles. The predicted octanol–water partition coefficient (Wildman–Crippen LogP) is 0.808.